The molecule has 1 aliphatic rings. The summed E-state index contributed by atoms with van der Waals surface area (Å²) in [5.41, 5.74) is 0.567. The zero-order valence-electron chi connectivity index (χ0n) is 14.0. The summed E-state index contributed by atoms with van der Waals surface area (Å²) in [5.74, 6) is 0. The van der Waals surface area contributed by atoms with Gasteiger partial charge in [-0.3, -0.25) is 0 Å². The molecule has 0 spiro atoms. The van der Waals surface area contributed by atoms with Crippen LogP contribution in [0.2, 0.25) is 0 Å². The van der Waals surface area contributed by atoms with E-state index in [0.29, 0.717) is 0 Å². The van der Waals surface area contributed by atoms with E-state index in [2.05, 4.69) is 40.9 Å². The van der Waals surface area contributed by atoms with Gasteiger partial charge >= 0.3 is 7.12 Å². The van der Waals surface area contributed by atoms with E-state index < -0.39 is 0 Å². The lowest BCUT2D eigenvalue weighted by atomic mass is 9.78. The van der Waals surface area contributed by atoms with Crippen molar-refractivity contribution in [1.82, 2.24) is 0 Å². The molecule has 20 heavy (non-hydrogen) atoms. The van der Waals surface area contributed by atoms with Gasteiger partial charge in [0.15, 0.2) is 0 Å². The fourth-order valence-electron chi connectivity index (χ4n) is 1.48. The van der Waals surface area contributed by atoms with E-state index in [1.807, 2.05) is 45.9 Å². The Labute approximate surface area is 128 Å². The number of hydrogen-bond acceptors (Lipinski definition) is 2. The van der Waals surface area contributed by atoms with Crippen molar-refractivity contribution < 1.29 is 9.31 Å². The van der Waals surface area contributed by atoms with Crippen LogP contribution in [0.3, 0.4) is 0 Å². The molecule has 1 rings (SSSR count). The molecule has 0 aromatic heterocycles. The third-order valence-corrected chi connectivity index (χ3v) is 3.22. The van der Waals surface area contributed by atoms with E-state index in [-0.39, 0.29) is 25.7 Å². The molecule has 1 aliphatic heterocycles. The summed E-state index contributed by atoms with van der Waals surface area (Å²) >= 11 is 0. The summed E-state index contributed by atoms with van der Waals surface area (Å²) in [6.45, 7) is 22.3. The van der Waals surface area contributed by atoms with Gasteiger partial charge in [-0.2, -0.15) is 0 Å². The van der Waals surface area contributed by atoms with Crippen molar-refractivity contribution >= 4 is 7.12 Å². The van der Waals surface area contributed by atoms with E-state index in [4.69, 9.17) is 9.31 Å². The molecule has 1 heterocycles. The lowest BCUT2D eigenvalue weighted by Crippen LogP contribution is -2.41. The Morgan fingerprint density at radius 1 is 0.950 bits per heavy atom. The minimum atomic E-state index is -0.256. The molecule has 0 aromatic carbocycles. The Morgan fingerprint density at radius 2 is 1.30 bits per heavy atom. The van der Waals surface area contributed by atoms with Crippen LogP contribution in [0.5, 0.6) is 0 Å². The highest BCUT2D eigenvalue weighted by Gasteiger charge is 2.51. The molecular formula is C17H35BO2. The van der Waals surface area contributed by atoms with Crippen molar-refractivity contribution in [3.8, 4) is 0 Å². The minimum absolute atomic E-state index is 0. The van der Waals surface area contributed by atoms with E-state index in [1.165, 1.54) is 0 Å². The summed E-state index contributed by atoms with van der Waals surface area (Å²) in [7, 11) is -0.240. The van der Waals surface area contributed by atoms with Crippen LogP contribution < -0.4 is 0 Å². The molecule has 0 aliphatic carbocycles. The molecule has 1 saturated heterocycles. The van der Waals surface area contributed by atoms with Crippen molar-refractivity contribution in [2.45, 2.75) is 74.0 Å². The predicted octanol–water partition coefficient (Wildman–Crippen LogP) is 5.60. The maximum atomic E-state index is 5.93. The third kappa shape index (κ3) is 6.10. The first-order chi connectivity index (χ1) is 8.84. The molecule has 0 bridgehead atoms. The molecule has 0 saturated carbocycles. The predicted molar refractivity (Wildman–Crippen MR) is 94.0 cm³/mol. The quantitative estimate of drug-likeness (QED) is 0.372. The highest BCUT2D eigenvalue weighted by Crippen LogP contribution is 2.38. The smallest absolute Gasteiger partial charge is 0.399 e. The molecule has 0 N–H and O–H groups in total. The van der Waals surface area contributed by atoms with Crippen molar-refractivity contribution in [3.63, 3.8) is 0 Å². The van der Waals surface area contributed by atoms with Gasteiger partial charge in [0.25, 0.3) is 0 Å². The summed E-state index contributed by atoms with van der Waals surface area (Å²) in [6.07, 6.45) is 6.06. The van der Waals surface area contributed by atoms with Crippen LogP contribution >= 0.6 is 0 Å². The van der Waals surface area contributed by atoms with Gasteiger partial charge in [0, 0.05) is 0 Å². The van der Waals surface area contributed by atoms with Crippen molar-refractivity contribution in [3.05, 3.63) is 36.9 Å². The number of rotatable bonds is 2. The van der Waals surface area contributed by atoms with Gasteiger partial charge < -0.3 is 9.31 Å². The van der Waals surface area contributed by atoms with Crippen LogP contribution in [0, 0.1) is 0 Å². The standard InChI is InChI=1S/C12H21BO2.C2H6.C2H4.CH4/c1-7-9-10(8-2)13-14-11(3,4)12(5,6)15-13;2*1-2;/h7-9H,1-6H3;1-2H3;1-2H2;1H4/b9-7-,10-8+;;;. The second-order valence-electron chi connectivity index (χ2n) is 4.88. The van der Waals surface area contributed by atoms with Crippen LogP contribution in [0.1, 0.15) is 62.8 Å². The molecular weight excluding hydrogens is 247 g/mol. The fourth-order valence-corrected chi connectivity index (χ4v) is 1.48. The first-order valence-corrected chi connectivity index (χ1v) is 6.98. The lowest BCUT2D eigenvalue weighted by Gasteiger charge is -2.32. The largest absolute Gasteiger partial charge is 0.494 e. The SMILES string of the molecule is C.C/C=C\C(=C/C)B1OC(C)(C)C(C)(C)O1.C=C.CC. The van der Waals surface area contributed by atoms with Gasteiger partial charge in [0.1, 0.15) is 0 Å². The number of hydrogen-bond donors (Lipinski definition) is 0. The van der Waals surface area contributed by atoms with E-state index in [1.54, 1.807) is 0 Å². The first-order valence-electron chi connectivity index (χ1n) is 6.98. The topological polar surface area (TPSA) is 18.5 Å². The summed E-state index contributed by atoms with van der Waals surface area (Å²) in [5, 5.41) is 0. The normalized spacial score (nSPS) is 19.4. The summed E-state index contributed by atoms with van der Waals surface area (Å²) in [6, 6.07) is 0. The second kappa shape index (κ2) is 10.9. The Kier molecular flexibility index (Phi) is 13.2. The van der Waals surface area contributed by atoms with Crippen LogP contribution in [-0.4, -0.2) is 18.3 Å². The van der Waals surface area contributed by atoms with Gasteiger partial charge in [-0.25, -0.2) is 0 Å². The Bertz CT molecular complexity index is 288. The monoisotopic (exact) mass is 282 g/mol. The van der Waals surface area contributed by atoms with E-state index >= 15 is 0 Å². The molecule has 0 aromatic rings. The third-order valence-electron chi connectivity index (χ3n) is 3.22. The highest BCUT2D eigenvalue weighted by molar-refractivity contribution is 6.55. The summed E-state index contributed by atoms with van der Waals surface area (Å²) < 4.78 is 11.9. The summed E-state index contributed by atoms with van der Waals surface area (Å²) in [4.78, 5) is 0. The van der Waals surface area contributed by atoms with E-state index in [9.17, 15) is 0 Å². The minimum Gasteiger partial charge on any atom is -0.399 e. The molecule has 0 radical (unpaired) electrons. The Balaban J connectivity index is -0.000000529. The molecule has 0 unspecified atom stereocenters. The van der Waals surface area contributed by atoms with Gasteiger partial charge in [-0.1, -0.05) is 39.5 Å². The molecule has 0 atom stereocenters. The first kappa shape index (κ1) is 24.2. The van der Waals surface area contributed by atoms with Crippen molar-refractivity contribution in [1.29, 1.82) is 0 Å². The van der Waals surface area contributed by atoms with Crippen molar-refractivity contribution in [2.24, 2.45) is 0 Å². The molecule has 1 fully saturated rings. The fraction of sp³-hybridized carbons (Fsp3) is 0.647. The van der Waals surface area contributed by atoms with E-state index in [0.717, 1.165) is 5.47 Å². The maximum Gasteiger partial charge on any atom is 0.494 e. The maximum absolute atomic E-state index is 5.93. The van der Waals surface area contributed by atoms with Gasteiger partial charge in [-0.05, 0) is 47.0 Å². The van der Waals surface area contributed by atoms with Crippen molar-refractivity contribution in [2.75, 3.05) is 0 Å². The van der Waals surface area contributed by atoms with Gasteiger partial charge in [0.2, 0.25) is 0 Å². The van der Waals surface area contributed by atoms with Crippen LogP contribution in [0.15, 0.2) is 36.9 Å². The van der Waals surface area contributed by atoms with Crippen LogP contribution in [-0.2, 0) is 9.31 Å². The molecule has 2 nitrogen and oxygen atoms in total. The van der Waals surface area contributed by atoms with Gasteiger partial charge in [-0.15, -0.1) is 13.2 Å². The van der Waals surface area contributed by atoms with Crippen LogP contribution in [0.25, 0.3) is 0 Å². The average Bonchev–Trinajstić information content (AvgIpc) is 2.60. The Hall–Kier alpha value is -0.795. The molecule has 118 valence electrons. The van der Waals surface area contributed by atoms with Gasteiger partial charge in [0.05, 0.1) is 11.2 Å². The molecule has 3 heteroatoms. The lowest BCUT2D eigenvalue weighted by molar-refractivity contribution is 0.00578. The molecule has 0 amide bonds. The highest BCUT2D eigenvalue weighted by atomic mass is 16.7. The number of allylic oxidation sites excluding steroid dienone is 4. The zero-order valence-corrected chi connectivity index (χ0v) is 14.0. The van der Waals surface area contributed by atoms with Crippen LogP contribution in [0.4, 0.5) is 0 Å². The zero-order chi connectivity index (χ0) is 15.7. The average molecular weight is 282 g/mol. The second-order valence-corrected chi connectivity index (χ2v) is 4.88. The Morgan fingerprint density at radius 3 is 1.55 bits per heavy atom.